The molecule has 5 heteroatoms. The Bertz CT molecular complexity index is 297. The highest BCUT2D eigenvalue weighted by atomic mass is 16.7. The SMILES string of the molecule is CC(=O)N1CCCCC1OC(=N)OC(C)(C)C. The second kappa shape index (κ2) is 5.38. The highest BCUT2D eigenvalue weighted by Gasteiger charge is 2.28. The van der Waals surface area contributed by atoms with Crippen LogP contribution in [0.2, 0.25) is 0 Å². The zero-order valence-corrected chi connectivity index (χ0v) is 11.1. The largest absolute Gasteiger partial charge is 0.445 e. The van der Waals surface area contributed by atoms with Gasteiger partial charge in [-0.05, 0) is 33.6 Å². The lowest BCUT2D eigenvalue weighted by atomic mass is 10.1. The van der Waals surface area contributed by atoms with Gasteiger partial charge in [0.25, 0.3) is 0 Å². The first kappa shape index (κ1) is 13.8. The first-order valence-electron chi connectivity index (χ1n) is 6.01. The number of hydrogen-bond donors (Lipinski definition) is 1. The van der Waals surface area contributed by atoms with E-state index >= 15 is 0 Å². The number of nitrogens with zero attached hydrogens (tertiary/aromatic N) is 1. The number of carbonyl (C=O) groups is 1. The average molecular weight is 242 g/mol. The molecule has 1 N–H and O–H groups in total. The number of ether oxygens (including phenoxy) is 2. The van der Waals surface area contributed by atoms with Crippen LogP contribution in [0.15, 0.2) is 0 Å². The van der Waals surface area contributed by atoms with Crippen LogP contribution in [0.1, 0.15) is 47.0 Å². The number of likely N-dealkylation sites (tertiary alicyclic amines) is 1. The van der Waals surface area contributed by atoms with Crippen LogP contribution in [0.4, 0.5) is 0 Å². The molecule has 1 atom stereocenters. The Balaban J connectivity index is 2.53. The predicted molar refractivity (Wildman–Crippen MR) is 64.7 cm³/mol. The second-order valence-electron chi connectivity index (χ2n) is 5.28. The van der Waals surface area contributed by atoms with Gasteiger partial charge >= 0.3 is 6.08 Å². The molecule has 0 aromatic rings. The van der Waals surface area contributed by atoms with Crippen molar-refractivity contribution in [3.63, 3.8) is 0 Å². The van der Waals surface area contributed by atoms with Gasteiger partial charge in [-0.1, -0.05) is 0 Å². The van der Waals surface area contributed by atoms with Gasteiger partial charge in [0, 0.05) is 19.9 Å². The molecule has 0 saturated carbocycles. The molecule has 0 bridgehead atoms. The van der Waals surface area contributed by atoms with Crippen molar-refractivity contribution in [1.29, 1.82) is 5.41 Å². The van der Waals surface area contributed by atoms with Gasteiger partial charge in [0.1, 0.15) is 5.60 Å². The summed E-state index contributed by atoms with van der Waals surface area (Å²) in [6, 6.07) is 0. The highest BCUT2D eigenvalue weighted by Crippen LogP contribution is 2.19. The molecule has 5 nitrogen and oxygen atoms in total. The lowest BCUT2D eigenvalue weighted by Crippen LogP contribution is -2.45. The van der Waals surface area contributed by atoms with Gasteiger partial charge in [-0.25, -0.2) is 5.41 Å². The van der Waals surface area contributed by atoms with Gasteiger partial charge in [-0.2, -0.15) is 0 Å². The Morgan fingerprint density at radius 1 is 1.35 bits per heavy atom. The Hall–Kier alpha value is -1.26. The molecule has 0 radical (unpaired) electrons. The number of carbonyl (C=O) groups excluding carboxylic acids is 1. The average Bonchev–Trinajstić information content (AvgIpc) is 2.14. The first-order valence-corrected chi connectivity index (χ1v) is 6.01. The minimum atomic E-state index is -0.452. The molecule has 1 amide bonds. The van der Waals surface area contributed by atoms with E-state index in [0.717, 1.165) is 19.3 Å². The van der Waals surface area contributed by atoms with E-state index in [4.69, 9.17) is 14.9 Å². The minimum Gasteiger partial charge on any atom is -0.445 e. The van der Waals surface area contributed by atoms with Gasteiger partial charge in [0.2, 0.25) is 5.91 Å². The Labute approximate surface area is 103 Å². The normalized spacial score (nSPS) is 20.9. The first-order chi connectivity index (χ1) is 7.79. The minimum absolute atomic E-state index is 0.0155. The van der Waals surface area contributed by atoms with Crippen molar-refractivity contribution >= 4 is 12.0 Å². The number of amides is 1. The summed E-state index contributed by atoms with van der Waals surface area (Å²) in [5.74, 6) is -0.0155. The molecule has 1 fully saturated rings. The monoisotopic (exact) mass is 242 g/mol. The summed E-state index contributed by atoms with van der Waals surface area (Å²) in [5.41, 5.74) is -0.452. The fourth-order valence-corrected chi connectivity index (χ4v) is 1.81. The standard InChI is InChI=1S/C12H22N2O3/c1-9(15)14-8-6-5-7-10(14)16-11(13)17-12(2,3)4/h10,13H,5-8H2,1-4H3. The molecule has 1 aliphatic heterocycles. The summed E-state index contributed by atoms with van der Waals surface area (Å²) in [6.45, 7) is 7.79. The van der Waals surface area contributed by atoms with Crippen molar-refractivity contribution in [2.24, 2.45) is 0 Å². The molecule has 17 heavy (non-hydrogen) atoms. The summed E-state index contributed by atoms with van der Waals surface area (Å²) >= 11 is 0. The van der Waals surface area contributed by atoms with E-state index in [1.807, 2.05) is 20.8 Å². The third-order valence-electron chi connectivity index (χ3n) is 2.49. The van der Waals surface area contributed by atoms with Crippen LogP contribution in [0.3, 0.4) is 0 Å². The molecule has 0 aromatic carbocycles. The zero-order chi connectivity index (χ0) is 13.1. The van der Waals surface area contributed by atoms with Crippen molar-refractivity contribution in [3.8, 4) is 0 Å². The summed E-state index contributed by atoms with van der Waals surface area (Å²) in [5, 5.41) is 7.63. The van der Waals surface area contributed by atoms with Gasteiger partial charge < -0.3 is 14.4 Å². The molecule has 98 valence electrons. The van der Waals surface area contributed by atoms with E-state index in [1.165, 1.54) is 6.92 Å². The van der Waals surface area contributed by atoms with Crippen molar-refractivity contribution in [2.45, 2.75) is 58.8 Å². The van der Waals surface area contributed by atoms with Crippen LogP contribution < -0.4 is 0 Å². The van der Waals surface area contributed by atoms with E-state index in [-0.39, 0.29) is 18.2 Å². The summed E-state index contributed by atoms with van der Waals surface area (Å²) in [7, 11) is 0. The molecule has 1 unspecified atom stereocenters. The van der Waals surface area contributed by atoms with Crippen molar-refractivity contribution in [1.82, 2.24) is 4.90 Å². The zero-order valence-electron chi connectivity index (χ0n) is 11.1. The Morgan fingerprint density at radius 2 is 2.00 bits per heavy atom. The van der Waals surface area contributed by atoms with E-state index in [2.05, 4.69) is 0 Å². The van der Waals surface area contributed by atoms with Crippen LogP contribution >= 0.6 is 0 Å². The third kappa shape index (κ3) is 4.63. The van der Waals surface area contributed by atoms with Gasteiger partial charge in [-0.15, -0.1) is 0 Å². The lowest BCUT2D eigenvalue weighted by molar-refractivity contribution is -0.142. The number of hydrogen-bond acceptors (Lipinski definition) is 4. The third-order valence-corrected chi connectivity index (χ3v) is 2.49. The summed E-state index contributed by atoms with van der Waals surface area (Å²) in [6.07, 6.45) is 2.20. The smallest absolute Gasteiger partial charge is 0.383 e. The maximum atomic E-state index is 11.4. The van der Waals surface area contributed by atoms with Crippen molar-refractivity contribution in [2.75, 3.05) is 6.54 Å². The second-order valence-corrected chi connectivity index (χ2v) is 5.28. The lowest BCUT2D eigenvalue weighted by Gasteiger charge is -2.35. The van der Waals surface area contributed by atoms with Gasteiger partial charge in [-0.3, -0.25) is 4.79 Å². The fraction of sp³-hybridized carbons (Fsp3) is 0.833. The van der Waals surface area contributed by atoms with E-state index in [9.17, 15) is 4.79 Å². The van der Waals surface area contributed by atoms with Crippen molar-refractivity contribution in [3.05, 3.63) is 0 Å². The molecular weight excluding hydrogens is 220 g/mol. The molecular formula is C12H22N2O3. The molecule has 1 aliphatic rings. The summed E-state index contributed by atoms with van der Waals surface area (Å²) < 4.78 is 10.7. The van der Waals surface area contributed by atoms with Crippen LogP contribution in [-0.4, -0.2) is 35.3 Å². The topological polar surface area (TPSA) is 62.6 Å². The molecule has 1 heterocycles. The van der Waals surface area contributed by atoms with E-state index in [0.29, 0.717) is 6.54 Å². The van der Waals surface area contributed by atoms with E-state index in [1.54, 1.807) is 4.90 Å². The Morgan fingerprint density at radius 3 is 2.53 bits per heavy atom. The summed E-state index contributed by atoms with van der Waals surface area (Å²) in [4.78, 5) is 13.1. The molecule has 1 saturated heterocycles. The maximum absolute atomic E-state index is 11.4. The maximum Gasteiger partial charge on any atom is 0.383 e. The number of rotatable bonds is 1. The number of nitrogens with one attached hydrogen (secondary N) is 1. The van der Waals surface area contributed by atoms with Crippen LogP contribution in [-0.2, 0) is 14.3 Å². The van der Waals surface area contributed by atoms with Crippen LogP contribution in [0.5, 0.6) is 0 Å². The highest BCUT2D eigenvalue weighted by molar-refractivity contribution is 5.74. The Kier molecular flexibility index (Phi) is 4.37. The van der Waals surface area contributed by atoms with E-state index < -0.39 is 5.60 Å². The van der Waals surface area contributed by atoms with Crippen LogP contribution in [0.25, 0.3) is 0 Å². The van der Waals surface area contributed by atoms with Gasteiger partial charge in [0.15, 0.2) is 6.23 Å². The molecule has 0 aromatic heterocycles. The van der Waals surface area contributed by atoms with Gasteiger partial charge in [0.05, 0.1) is 0 Å². The quantitative estimate of drug-likeness (QED) is 0.566. The van der Waals surface area contributed by atoms with Crippen molar-refractivity contribution < 1.29 is 14.3 Å². The molecule has 0 aliphatic carbocycles. The van der Waals surface area contributed by atoms with Crippen LogP contribution in [0, 0.1) is 5.41 Å². The fourth-order valence-electron chi connectivity index (χ4n) is 1.81. The number of piperidine rings is 1. The molecule has 1 rings (SSSR count). The molecule has 0 spiro atoms. The predicted octanol–water partition coefficient (Wildman–Crippen LogP) is 2.11.